The van der Waals surface area contributed by atoms with Crippen LogP contribution in [0.5, 0.6) is 11.5 Å². The third kappa shape index (κ3) is 1.28. The van der Waals surface area contributed by atoms with Crippen LogP contribution in [0.15, 0.2) is 10.5 Å². The molecule has 0 saturated heterocycles. The Balaban J connectivity index is 2.20. The minimum absolute atomic E-state index is 0.259. The summed E-state index contributed by atoms with van der Waals surface area (Å²) in [7, 11) is 0. The fourth-order valence-electron chi connectivity index (χ4n) is 1.97. The quantitative estimate of drug-likeness (QED) is 0.852. The van der Waals surface area contributed by atoms with E-state index in [1.54, 1.807) is 0 Å². The lowest BCUT2D eigenvalue weighted by Crippen LogP contribution is -2.07. The molecular weight excluding hydrogens is 260 g/mol. The summed E-state index contributed by atoms with van der Waals surface area (Å²) in [6.45, 7) is 2.24. The molecule has 3 rings (SSSR count). The van der Waals surface area contributed by atoms with Crippen molar-refractivity contribution in [3.8, 4) is 11.5 Å². The molecule has 4 heteroatoms. The van der Waals surface area contributed by atoms with Gasteiger partial charge in [0.25, 0.3) is 0 Å². The van der Waals surface area contributed by atoms with Gasteiger partial charge in [-0.05, 0) is 52.9 Å². The molecule has 2 aliphatic rings. The van der Waals surface area contributed by atoms with Crippen molar-refractivity contribution in [2.75, 3.05) is 6.79 Å². The maximum atomic E-state index is 10.1. The average Bonchev–Trinajstić information content (AvgIpc) is 2.80. The Bertz CT molecular complexity index is 438. The van der Waals surface area contributed by atoms with Crippen LogP contribution >= 0.6 is 15.9 Å². The van der Waals surface area contributed by atoms with Crippen molar-refractivity contribution < 1.29 is 14.6 Å². The van der Waals surface area contributed by atoms with Crippen LogP contribution in [-0.2, 0) is 5.60 Å². The third-order valence-corrected chi connectivity index (χ3v) is 4.03. The number of hydrogen-bond acceptors (Lipinski definition) is 3. The normalized spacial score (nSPS) is 20.5. The van der Waals surface area contributed by atoms with Crippen LogP contribution < -0.4 is 9.47 Å². The molecule has 1 fully saturated rings. The molecule has 1 aliphatic carbocycles. The monoisotopic (exact) mass is 270 g/mol. The van der Waals surface area contributed by atoms with Gasteiger partial charge in [0.1, 0.15) is 0 Å². The molecule has 0 aromatic heterocycles. The zero-order valence-electron chi connectivity index (χ0n) is 8.34. The second-order valence-electron chi connectivity index (χ2n) is 4.13. The van der Waals surface area contributed by atoms with Crippen LogP contribution in [-0.4, -0.2) is 11.9 Å². The first kappa shape index (κ1) is 9.48. The van der Waals surface area contributed by atoms with Gasteiger partial charge in [0.2, 0.25) is 6.79 Å². The first-order chi connectivity index (χ1) is 7.12. The number of halogens is 1. The highest BCUT2D eigenvalue weighted by molar-refractivity contribution is 9.10. The summed E-state index contributed by atoms with van der Waals surface area (Å²) in [5.41, 5.74) is 1.37. The Hall–Kier alpha value is -0.740. The zero-order valence-corrected chi connectivity index (χ0v) is 9.93. The van der Waals surface area contributed by atoms with E-state index in [9.17, 15) is 5.11 Å². The summed E-state index contributed by atoms with van der Waals surface area (Å²) in [6.07, 6.45) is 1.67. The Kier molecular flexibility index (Phi) is 1.83. The van der Waals surface area contributed by atoms with Crippen LogP contribution in [0, 0.1) is 6.92 Å². The summed E-state index contributed by atoms with van der Waals surface area (Å²) in [6, 6.07) is 1.90. The van der Waals surface area contributed by atoms with E-state index in [1.165, 1.54) is 0 Å². The van der Waals surface area contributed by atoms with Gasteiger partial charge in [-0.3, -0.25) is 0 Å². The largest absolute Gasteiger partial charge is 0.454 e. The molecule has 1 aromatic rings. The van der Waals surface area contributed by atoms with Crippen molar-refractivity contribution >= 4 is 15.9 Å². The average molecular weight is 271 g/mol. The minimum Gasteiger partial charge on any atom is -0.454 e. The van der Waals surface area contributed by atoms with E-state index in [1.807, 2.05) is 13.0 Å². The lowest BCUT2D eigenvalue weighted by atomic mass is 10.0. The molecule has 0 amide bonds. The van der Waals surface area contributed by atoms with Gasteiger partial charge in [0.15, 0.2) is 11.5 Å². The standard InChI is InChI=1S/C11H11BrO3/c1-6-7(11(13)2-3-11)4-8-10(9(6)12)15-5-14-8/h4,13H,2-3,5H2,1H3. The van der Waals surface area contributed by atoms with Gasteiger partial charge in [0.05, 0.1) is 10.1 Å². The smallest absolute Gasteiger partial charge is 0.231 e. The van der Waals surface area contributed by atoms with Crippen LogP contribution in [0.25, 0.3) is 0 Å². The number of hydrogen-bond donors (Lipinski definition) is 1. The van der Waals surface area contributed by atoms with Gasteiger partial charge in [-0.1, -0.05) is 0 Å². The van der Waals surface area contributed by atoms with E-state index in [-0.39, 0.29) is 6.79 Å². The summed E-state index contributed by atoms with van der Waals surface area (Å²) in [5.74, 6) is 1.48. The molecule has 0 atom stereocenters. The third-order valence-electron chi connectivity index (χ3n) is 3.07. The van der Waals surface area contributed by atoms with E-state index >= 15 is 0 Å². The summed E-state index contributed by atoms with van der Waals surface area (Å²) >= 11 is 3.49. The van der Waals surface area contributed by atoms with E-state index in [0.29, 0.717) is 0 Å². The van der Waals surface area contributed by atoms with Gasteiger partial charge in [-0.25, -0.2) is 0 Å². The highest BCUT2D eigenvalue weighted by Gasteiger charge is 2.44. The predicted octanol–water partition coefficient (Wildman–Crippen LogP) is 2.47. The van der Waals surface area contributed by atoms with Crippen molar-refractivity contribution in [3.63, 3.8) is 0 Å². The van der Waals surface area contributed by atoms with E-state index in [4.69, 9.17) is 9.47 Å². The number of fused-ring (bicyclic) bond motifs is 1. The zero-order chi connectivity index (χ0) is 10.6. The van der Waals surface area contributed by atoms with Crippen molar-refractivity contribution in [3.05, 3.63) is 21.7 Å². The molecule has 1 heterocycles. The van der Waals surface area contributed by atoms with Crippen LogP contribution in [0.3, 0.4) is 0 Å². The Morgan fingerprint density at radius 2 is 2.13 bits per heavy atom. The Labute approximate surface area is 96.1 Å². The van der Waals surface area contributed by atoms with Crippen LogP contribution in [0.1, 0.15) is 24.0 Å². The molecule has 0 unspecified atom stereocenters. The van der Waals surface area contributed by atoms with Crippen LogP contribution in [0.4, 0.5) is 0 Å². The fourth-order valence-corrected chi connectivity index (χ4v) is 2.49. The molecule has 15 heavy (non-hydrogen) atoms. The molecule has 3 nitrogen and oxygen atoms in total. The maximum Gasteiger partial charge on any atom is 0.231 e. The summed E-state index contributed by atoms with van der Waals surface area (Å²) < 4.78 is 11.6. The second kappa shape index (κ2) is 2.89. The van der Waals surface area contributed by atoms with Gasteiger partial charge >= 0.3 is 0 Å². The SMILES string of the molecule is Cc1c(C2(O)CC2)cc2c(c1Br)OCO2. The lowest BCUT2D eigenvalue weighted by Gasteiger charge is -2.14. The van der Waals surface area contributed by atoms with Crippen molar-refractivity contribution in [2.24, 2.45) is 0 Å². The van der Waals surface area contributed by atoms with E-state index in [0.717, 1.165) is 39.9 Å². The van der Waals surface area contributed by atoms with E-state index < -0.39 is 5.60 Å². The van der Waals surface area contributed by atoms with Crippen molar-refractivity contribution in [1.82, 2.24) is 0 Å². The molecule has 0 bridgehead atoms. The van der Waals surface area contributed by atoms with Gasteiger partial charge in [-0.15, -0.1) is 0 Å². The Morgan fingerprint density at radius 1 is 1.40 bits per heavy atom. The van der Waals surface area contributed by atoms with Crippen LogP contribution in [0.2, 0.25) is 0 Å². The number of ether oxygens (including phenoxy) is 2. The first-order valence-electron chi connectivity index (χ1n) is 4.93. The van der Waals surface area contributed by atoms with Crippen molar-refractivity contribution in [2.45, 2.75) is 25.4 Å². The van der Waals surface area contributed by atoms with Gasteiger partial charge < -0.3 is 14.6 Å². The molecule has 0 spiro atoms. The molecule has 1 aliphatic heterocycles. The number of rotatable bonds is 1. The highest BCUT2D eigenvalue weighted by Crippen LogP contribution is 2.52. The Morgan fingerprint density at radius 3 is 2.80 bits per heavy atom. The molecule has 1 aromatic carbocycles. The maximum absolute atomic E-state index is 10.1. The molecule has 80 valence electrons. The molecular formula is C11H11BrO3. The number of benzene rings is 1. The van der Waals surface area contributed by atoms with E-state index in [2.05, 4.69) is 15.9 Å². The second-order valence-corrected chi connectivity index (χ2v) is 4.92. The lowest BCUT2D eigenvalue weighted by molar-refractivity contribution is 0.150. The fraction of sp³-hybridized carbons (Fsp3) is 0.455. The van der Waals surface area contributed by atoms with Crippen molar-refractivity contribution in [1.29, 1.82) is 0 Å². The first-order valence-corrected chi connectivity index (χ1v) is 5.73. The minimum atomic E-state index is -0.631. The summed E-state index contributed by atoms with van der Waals surface area (Å²) in [5, 5.41) is 10.1. The summed E-state index contributed by atoms with van der Waals surface area (Å²) in [4.78, 5) is 0. The molecule has 0 radical (unpaired) electrons. The number of aliphatic hydroxyl groups is 1. The highest BCUT2D eigenvalue weighted by atomic mass is 79.9. The molecule has 1 saturated carbocycles. The molecule has 1 N–H and O–H groups in total. The predicted molar refractivity (Wildman–Crippen MR) is 58.1 cm³/mol. The van der Waals surface area contributed by atoms with Gasteiger partial charge in [0, 0.05) is 0 Å². The van der Waals surface area contributed by atoms with Gasteiger partial charge in [-0.2, -0.15) is 0 Å². The topological polar surface area (TPSA) is 38.7 Å².